The van der Waals surface area contributed by atoms with Crippen LogP contribution in [0.1, 0.15) is 13.3 Å². The Morgan fingerprint density at radius 2 is 2.00 bits per heavy atom. The molecule has 1 aliphatic rings. The van der Waals surface area contributed by atoms with Gasteiger partial charge in [0.25, 0.3) is 0 Å². The molecule has 182 valence electrons. The maximum Gasteiger partial charge on any atom is 0.213 e. The quantitative estimate of drug-likeness (QED) is 0.309. The lowest BCUT2D eigenvalue weighted by molar-refractivity contribution is 0.0846. The van der Waals surface area contributed by atoms with Crippen LogP contribution in [0.2, 0.25) is 25.7 Å². The molecule has 3 aromatic heterocycles. The molecule has 4 rings (SSSR count). The van der Waals surface area contributed by atoms with Gasteiger partial charge in [-0.2, -0.15) is 9.57 Å². The van der Waals surface area contributed by atoms with Crippen molar-refractivity contribution < 1.29 is 13.2 Å². The second-order valence-electron chi connectivity index (χ2n) is 9.99. The SMILES string of the molecule is CCS(=O)(=O)N1CC(CC#N)(n2cnc(-c3ncnc4c3ccn4COCC[Si](C)(C)C)c2)C1. The zero-order chi connectivity index (χ0) is 24.6. The van der Waals surface area contributed by atoms with Crippen LogP contribution >= 0.6 is 0 Å². The Kier molecular flexibility index (Phi) is 6.65. The molecule has 3 aromatic rings. The zero-order valence-corrected chi connectivity index (χ0v) is 21.9. The van der Waals surface area contributed by atoms with E-state index in [0.29, 0.717) is 18.1 Å². The number of nitriles is 1. The van der Waals surface area contributed by atoms with Crippen LogP contribution in [0.3, 0.4) is 0 Å². The number of imidazole rings is 1. The van der Waals surface area contributed by atoms with Crippen LogP contribution in [0.15, 0.2) is 31.1 Å². The summed E-state index contributed by atoms with van der Waals surface area (Å²) < 4.78 is 35.6. The molecule has 1 saturated heterocycles. The molecular weight excluding hydrogens is 470 g/mol. The summed E-state index contributed by atoms with van der Waals surface area (Å²) in [6.45, 7) is 10.3. The van der Waals surface area contributed by atoms with E-state index in [9.17, 15) is 13.7 Å². The molecule has 12 heteroatoms. The van der Waals surface area contributed by atoms with Gasteiger partial charge in [0.05, 0.1) is 30.1 Å². The first-order valence-electron chi connectivity index (χ1n) is 11.4. The van der Waals surface area contributed by atoms with Crippen molar-refractivity contribution in [3.05, 3.63) is 31.1 Å². The number of hydrogen-bond acceptors (Lipinski definition) is 7. The van der Waals surface area contributed by atoms with Gasteiger partial charge in [0.15, 0.2) is 0 Å². The van der Waals surface area contributed by atoms with E-state index in [4.69, 9.17) is 4.74 Å². The molecule has 0 N–H and O–H groups in total. The number of ether oxygens (including phenoxy) is 1. The first-order valence-corrected chi connectivity index (χ1v) is 16.7. The topological polar surface area (TPSA) is 119 Å². The van der Waals surface area contributed by atoms with Crippen molar-refractivity contribution in [3.63, 3.8) is 0 Å². The summed E-state index contributed by atoms with van der Waals surface area (Å²) in [5, 5.41) is 10.3. The summed E-state index contributed by atoms with van der Waals surface area (Å²) in [5.74, 6) is 0.0442. The Morgan fingerprint density at radius 1 is 1.24 bits per heavy atom. The fourth-order valence-electron chi connectivity index (χ4n) is 4.06. The number of sulfonamides is 1. The lowest BCUT2D eigenvalue weighted by atomic mass is 9.89. The predicted octanol–water partition coefficient (Wildman–Crippen LogP) is 2.88. The Hall–Kier alpha value is -2.59. The molecule has 1 fully saturated rings. The van der Waals surface area contributed by atoms with Crippen molar-refractivity contribution in [1.82, 2.24) is 28.4 Å². The summed E-state index contributed by atoms with van der Waals surface area (Å²) in [5.41, 5.74) is 1.49. The molecule has 0 bridgehead atoms. The molecule has 1 aliphatic heterocycles. The first-order chi connectivity index (χ1) is 16.1. The van der Waals surface area contributed by atoms with Gasteiger partial charge < -0.3 is 13.9 Å². The number of aromatic nitrogens is 5. The number of rotatable bonds is 10. The van der Waals surface area contributed by atoms with E-state index in [1.54, 1.807) is 13.3 Å². The molecule has 0 spiro atoms. The third kappa shape index (κ3) is 4.79. The highest BCUT2D eigenvalue weighted by Gasteiger charge is 2.49. The average Bonchev–Trinajstić information content (AvgIpc) is 3.40. The lowest BCUT2D eigenvalue weighted by Gasteiger charge is -2.48. The van der Waals surface area contributed by atoms with E-state index in [1.807, 2.05) is 27.6 Å². The van der Waals surface area contributed by atoms with Crippen molar-refractivity contribution in [2.75, 3.05) is 25.4 Å². The molecule has 0 amide bonds. The summed E-state index contributed by atoms with van der Waals surface area (Å²) in [6.07, 6.45) is 7.15. The van der Waals surface area contributed by atoms with Crippen molar-refractivity contribution in [3.8, 4) is 17.5 Å². The molecule has 0 aliphatic carbocycles. The minimum atomic E-state index is -3.29. The highest BCUT2D eigenvalue weighted by molar-refractivity contribution is 7.89. The van der Waals surface area contributed by atoms with Crippen molar-refractivity contribution in [2.45, 2.75) is 51.3 Å². The molecule has 10 nitrogen and oxygen atoms in total. The molecule has 4 heterocycles. The standard InChI is InChI=1S/C22H31N7O3SSi/c1-5-33(30,31)29-13-22(14-29,7-8-23)28-12-19(26-16-28)20-18-6-9-27(21(18)25-15-24-20)17-32-10-11-34(2,3)4/h6,9,12,15-16H,5,7,10-11,13-14,17H2,1-4H3. The van der Waals surface area contributed by atoms with E-state index in [0.717, 1.165) is 23.7 Å². The van der Waals surface area contributed by atoms with Gasteiger partial charge in [-0.05, 0) is 19.0 Å². The first kappa shape index (κ1) is 24.5. The van der Waals surface area contributed by atoms with E-state index in [2.05, 4.69) is 40.7 Å². The van der Waals surface area contributed by atoms with Gasteiger partial charge in [-0.3, -0.25) is 0 Å². The molecule has 34 heavy (non-hydrogen) atoms. The third-order valence-electron chi connectivity index (χ3n) is 6.26. The Labute approximate surface area is 201 Å². The zero-order valence-electron chi connectivity index (χ0n) is 20.1. The predicted molar refractivity (Wildman–Crippen MR) is 132 cm³/mol. The fraction of sp³-hybridized carbons (Fsp3) is 0.545. The van der Waals surface area contributed by atoms with Crippen LogP contribution < -0.4 is 0 Å². The Bertz CT molecular complexity index is 1310. The van der Waals surface area contributed by atoms with E-state index in [1.165, 1.54) is 10.6 Å². The summed E-state index contributed by atoms with van der Waals surface area (Å²) >= 11 is 0. The maximum absolute atomic E-state index is 12.2. The van der Waals surface area contributed by atoms with E-state index < -0.39 is 23.6 Å². The minimum absolute atomic E-state index is 0.0442. The number of fused-ring (bicyclic) bond motifs is 1. The van der Waals surface area contributed by atoms with Crippen LogP contribution in [0.25, 0.3) is 22.4 Å². The van der Waals surface area contributed by atoms with Crippen LogP contribution in [0, 0.1) is 11.3 Å². The fourth-order valence-corrected chi connectivity index (χ4v) is 6.06. The lowest BCUT2D eigenvalue weighted by Crippen LogP contribution is -2.63. The average molecular weight is 502 g/mol. The number of nitrogens with zero attached hydrogens (tertiary/aromatic N) is 7. The van der Waals surface area contributed by atoms with Gasteiger partial charge in [-0.15, -0.1) is 0 Å². The van der Waals surface area contributed by atoms with Crippen molar-refractivity contribution >= 4 is 29.1 Å². The summed E-state index contributed by atoms with van der Waals surface area (Å²) in [7, 11) is -4.44. The van der Waals surface area contributed by atoms with Crippen molar-refractivity contribution in [2.24, 2.45) is 0 Å². The second kappa shape index (κ2) is 9.22. The van der Waals surface area contributed by atoms with Gasteiger partial charge in [0.2, 0.25) is 10.0 Å². The number of hydrogen-bond donors (Lipinski definition) is 0. The molecule has 0 radical (unpaired) electrons. The largest absolute Gasteiger partial charge is 0.361 e. The van der Waals surface area contributed by atoms with Crippen LogP contribution in [-0.4, -0.2) is 70.3 Å². The molecule has 0 unspecified atom stereocenters. The Balaban J connectivity index is 1.55. The van der Waals surface area contributed by atoms with Crippen LogP contribution in [0.4, 0.5) is 0 Å². The van der Waals surface area contributed by atoms with E-state index >= 15 is 0 Å². The van der Waals surface area contributed by atoms with Gasteiger partial charge in [-0.25, -0.2) is 23.4 Å². The van der Waals surface area contributed by atoms with Gasteiger partial charge in [0.1, 0.15) is 30.1 Å². The molecule has 0 atom stereocenters. The van der Waals surface area contributed by atoms with E-state index in [-0.39, 0.29) is 25.3 Å². The molecular formula is C22H31N7O3SSi. The normalized spacial score (nSPS) is 16.4. The monoisotopic (exact) mass is 501 g/mol. The van der Waals surface area contributed by atoms with Crippen molar-refractivity contribution in [1.29, 1.82) is 5.26 Å². The summed E-state index contributed by atoms with van der Waals surface area (Å²) in [4.78, 5) is 13.5. The highest BCUT2D eigenvalue weighted by atomic mass is 32.2. The van der Waals surface area contributed by atoms with Gasteiger partial charge in [-0.1, -0.05) is 19.6 Å². The second-order valence-corrected chi connectivity index (χ2v) is 17.9. The van der Waals surface area contributed by atoms with Gasteiger partial charge in [0, 0.05) is 45.6 Å². The molecule has 0 aromatic carbocycles. The highest BCUT2D eigenvalue weighted by Crippen LogP contribution is 2.36. The third-order valence-corrected chi connectivity index (χ3v) is 9.74. The van der Waals surface area contributed by atoms with Gasteiger partial charge >= 0.3 is 0 Å². The van der Waals surface area contributed by atoms with Crippen LogP contribution in [0.5, 0.6) is 0 Å². The Morgan fingerprint density at radius 3 is 2.68 bits per heavy atom. The van der Waals surface area contributed by atoms with Crippen LogP contribution in [-0.2, 0) is 27.0 Å². The smallest absolute Gasteiger partial charge is 0.213 e. The molecule has 0 saturated carbocycles. The summed E-state index contributed by atoms with van der Waals surface area (Å²) in [6, 6.07) is 5.26. The maximum atomic E-state index is 12.2. The minimum Gasteiger partial charge on any atom is -0.361 e.